The highest BCUT2D eigenvalue weighted by atomic mass is 35.5. The molecule has 2 aromatic rings. The van der Waals surface area contributed by atoms with Crippen LogP contribution in [0.1, 0.15) is 10.4 Å². The second-order valence-corrected chi connectivity index (χ2v) is 6.48. The zero-order valence-electron chi connectivity index (χ0n) is 10.7. The third-order valence-corrected chi connectivity index (χ3v) is 4.13. The average molecular weight is 362 g/mol. The Morgan fingerprint density at radius 1 is 1.05 bits per heavy atom. The van der Waals surface area contributed by atoms with Gasteiger partial charge in [-0.15, -0.1) is 0 Å². The highest BCUT2D eigenvalue weighted by Crippen LogP contribution is 2.32. The lowest BCUT2D eigenvalue weighted by Crippen LogP contribution is -2.12. The van der Waals surface area contributed by atoms with E-state index in [1.807, 2.05) is 0 Å². The van der Waals surface area contributed by atoms with Gasteiger partial charge in [-0.05, 0) is 36.4 Å². The molecule has 2 rings (SSSR count). The third-order valence-electron chi connectivity index (χ3n) is 2.69. The van der Waals surface area contributed by atoms with Crippen molar-refractivity contribution in [3.63, 3.8) is 0 Å². The zero-order valence-corrected chi connectivity index (χ0v) is 13.1. The van der Waals surface area contributed by atoms with Gasteiger partial charge in [0.25, 0.3) is 16.0 Å². The molecule has 0 radical (unpaired) electrons. The largest absolute Gasteiger partial charge is 0.505 e. The lowest BCUT2D eigenvalue weighted by molar-refractivity contribution is 0.102. The predicted octanol–water partition coefficient (Wildman–Crippen LogP) is 3.20. The molecule has 1 amide bonds. The van der Waals surface area contributed by atoms with Crippen molar-refractivity contribution in [3.05, 3.63) is 52.0 Å². The van der Waals surface area contributed by atoms with E-state index in [-0.39, 0.29) is 26.3 Å². The molecule has 0 fully saturated rings. The van der Waals surface area contributed by atoms with Crippen LogP contribution in [0.4, 0.5) is 5.69 Å². The maximum Gasteiger partial charge on any atom is 0.294 e. The number of carbonyl (C=O) groups excluding carboxylic acids is 1. The van der Waals surface area contributed by atoms with Crippen LogP contribution >= 0.6 is 23.2 Å². The summed E-state index contributed by atoms with van der Waals surface area (Å²) in [7, 11) is -4.29. The molecule has 0 heterocycles. The molecule has 116 valence electrons. The first-order valence-corrected chi connectivity index (χ1v) is 7.95. The van der Waals surface area contributed by atoms with Gasteiger partial charge in [-0.1, -0.05) is 23.2 Å². The molecule has 2 aromatic carbocycles. The molecule has 0 bridgehead atoms. The number of hydrogen-bond acceptors (Lipinski definition) is 4. The van der Waals surface area contributed by atoms with Crippen molar-refractivity contribution in [3.8, 4) is 5.75 Å². The standard InChI is InChI=1S/C13H9Cl2NO5S/c14-10-5-7(6-11(15)12(10)17)13(18)16-8-1-3-9(4-2-8)22(19,20)21/h1-6,17H,(H,16,18)(H,19,20,21). The van der Waals surface area contributed by atoms with Crippen LogP contribution in [0, 0.1) is 0 Å². The lowest BCUT2D eigenvalue weighted by Gasteiger charge is -2.08. The summed E-state index contributed by atoms with van der Waals surface area (Å²) in [6.45, 7) is 0. The summed E-state index contributed by atoms with van der Waals surface area (Å²) in [5.74, 6) is -0.874. The normalized spacial score (nSPS) is 11.2. The van der Waals surface area contributed by atoms with E-state index in [9.17, 15) is 18.3 Å². The highest BCUT2D eigenvalue weighted by molar-refractivity contribution is 7.85. The summed E-state index contributed by atoms with van der Waals surface area (Å²) in [5, 5.41) is 11.8. The Kier molecular flexibility index (Phi) is 4.62. The number of benzene rings is 2. The van der Waals surface area contributed by atoms with Gasteiger partial charge in [-0.2, -0.15) is 8.42 Å². The van der Waals surface area contributed by atoms with Crippen LogP contribution in [0.2, 0.25) is 10.0 Å². The van der Waals surface area contributed by atoms with Gasteiger partial charge in [-0.25, -0.2) is 0 Å². The van der Waals surface area contributed by atoms with E-state index in [0.29, 0.717) is 5.69 Å². The number of rotatable bonds is 3. The molecule has 0 aliphatic rings. The van der Waals surface area contributed by atoms with E-state index in [2.05, 4.69) is 5.32 Å². The second kappa shape index (κ2) is 6.13. The fourth-order valence-corrected chi connectivity index (χ4v) is 2.58. The summed E-state index contributed by atoms with van der Waals surface area (Å²) in [6, 6.07) is 7.38. The summed E-state index contributed by atoms with van der Waals surface area (Å²) < 4.78 is 30.7. The first-order chi connectivity index (χ1) is 10.2. The minimum atomic E-state index is -4.29. The van der Waals surface area contributed by atoms with Crippen LogP contribution in [-0.4, -0.2) is 24.0 Å². The molecular weight excluding hydrogens is 353 g/mol. The lowest BCUT2D eigenvalue weighted by atomic mass is 10.2. The smallest absolute Gasteiger partial charge is 0.294 e. The minimum absolute atomic E-state index is 0.0700. The first-order valence-electron chi connectivity index (χ1n) is 5.75. The average Bonchev–Trinajstić information content (AvgIpc) is 2.43. The highest BCUT2D eigenvalue weighted by Gasteiger charge is 2.13. The van der Waals surface area contributed by atoms with Gasteiger partial charge in [0.1, 0.15) is 0 Å². The number of aromatic hydroxyl groups is 1. The van der Waals surface area contributed by atoms with Crippen molar-refractivity contribution in [2.45, 2.75) is 4.90 Å². The topological polar surface area (TPSA) is 104 Å². The molecule has 0 saturated heterocycles. The van der Waals surface area contributed by atoms with E-state index < -0.39 is 16.0 Å². The summed E-state index contributed by atoms with van der Waals surface area (Å²) in [6.07, 6.45) is 0. The van der Waals surface area contributed by atoms with Crippen molar-refractivity contribution in [2.75, 3.05) is 5.32 Å². The van der Waals surface area contributed by atoms with E-state index >= 15 is 0 Å². The van der Waals surface area contributed by atoms with Crippen LogP contribution in [0.5, 0.6) is 5.75 Å². The van der Waals surface area contributed by atoms with Gasteiger partial charge in [0.05, 0.1) is 14.9 Å². The van der Waals surface area contributed by atoms with Gasteiger partial charge in [-0.3, -0.25) is 9.35 Å². The molecule has 0 aromatic heterocycles. The maximum atomic E-state index is 12.0. The predicted molar refractivity (Wildman–Crippen MR) is 82.3 cm³/mol. The van der Waals surface area contributed by atoms with Crippen LogP contribution in [0.15, 0.2) is 41.3 Å². The molecule has 22 heavy (non-hydrogen) atoms. The molecule has 0 spiro atoms. The van der Waals surface area contributed by atoms with Crippen molar-refractivity contribution in [1.29, 1.82) is 0 Å². The Morgan fingerprint density at radius 3 is 2.00 bits per heavy atom. The van der Waals surface area contributed by atoms with Crippen molar-refractivity contribution >= 4 is 44.9 Å². The number of halogens is 2. The van der Waals surface area contributed by atoms with E-state index in [0.717, 1.165) is 12.1 Å². The summed E-state index contributed by atoms with van der Waals surface area (Å²) >= 11 is 11.5. The number of amides is 1. The van der Waals surface area contributed by atoms with Crippen LogP contribution < -0.4 is 5.32 Å². The number of anilines is 1. The van der Waals surface area contributed by atoms with Crippen molar-refractivity contribution in [1.82, 2.24) is 0 Å². The zero-order chi connectivity index (χ0) is 16.5. The van der Waals surface area contributed by atoms with Gasteiger partial charge >= 0.3 is 0 Å². The van der Waals surface area contributed by atoms with Gasteiger partial charge in [0, 0.05) is 11.3 Å². The van der Waals surface area contributed by atoms with Crippen molar-refractivity contribution in [2.24, 2.45) is 0 Å². The summed E-state index contributed by atoms with van der Waals surface area (Å²) in [4.78, 5) is 11.7. The fraction of sp³-hybridized carbons (Fsp3) is 0. The quantitative estimate of drug-likeness (QED) is 0.728. The molecule has 9 heteroatoms. The van der Waals surface area contributed by atoms with E-state index in [1.165, 1.54) is 24.3 Å². The Hall–Kier alpha value is -1.80. The Labute approximate surface area is 136 Å². The first kappa shape index (κ1) is 16.6. The Bertz CT molecular complexity index is 811. The monoisotopic (exact) mass is 361 g/mol. The van der Waals surface area contributed by atoms with Gasteiger partial charge in [0.2, 0.25) is 0 Å². The second-order valence-electron chi connectivity index (χ2n) is 4.24. The third kappa shape index (κ3) is 3.69. The van der Waals surface area contributed by atoms with Crippen molar-refractivity contribution < 1.29 is 22.9 Å². The van der Waals surface area contributed by atoms with Gasteiger partial charge < -0.3 is 10.4 Å². The molecule has 0 saturated carbocycles. The number of phenolic OH excluding ortho intramolecular Hbond substituents is 1. The Balaban J connectivity index is 2.22. The molecule has 0 unspecified atom stereocenters. The number of hydrogen-bond donors (Lipinski definition) is 3. The molecule has 3 N–H and O–H groups in total. The molecule has 0 aliphatic carbocycles. The van der Waals surface area contributed by atoms with Crippen LogP contribution in [0.3, 0.4) is 0 Å². The van der Waals surface area contributed by atoms with E-state index in [4.69, 9.17) is 27.8 Å². The minimum Gasteiger partial charge on any atom is -0.505 e. The number of nitrogens with one attached hydrogen (secondary N) is 1. The summed E-state index contributed by atoms with van der Waals surface area (Å²) in [5.41, 5.74) is 0.421. The van der Waals surface area contributed by atoms with Gasteiger partial charge in [0.15, 0.2) is 5.75 Å². The molecule has 0 aliphatic heterocycles. The van der Waals surface area contributed by atoms with Crippen LogP contribution in [0.25, 0.3) is 0 Å². The maximum absolute atomic E-state index is 12.0. The SMILES string of the molecule is O=C(Nc1ccc(S(=O)(=O)O)cc1)c1cc(Cl)c(O)c(Cl)c1. The van der Waals surface area contributed by atoms with Crippen LogP contribution in [-0.2, 0) is 10.1 Å². The molecule has 0 atom stereocenters. The molecular formula is C13H9Cl2NO5S. The Morgan fingerprint density at radius 2 is 1.55 bits per heavy atom. The molecule has 6 nitrogen and oxygen atoms in total. The van der Waals surface area contributed by atoms with E-state index in [1.54, 1.807) is 0 Å². The number of carbonyl (C=O) groups is 1. The fourth-order valence-electron chi connectivity index (χ4n) is 1.61. The number of phenols is 1.